The number of nitrogens with zero attached hydrogens (tertiary/aromatic N) is 2. The van der Waals surface area contributed by atoms with E-state index in [4.69, 9.17) is 0 Å². The number of nitrogens with one attached hydrogen (secondary N) is 1. The summed E-state index contributed by atoms with van der Waals surface area (Å²) in [6, 6.07) is 6.08. The van der Waals surface area contributed by atoms with Gasteiger partial charge in [-0.15, -0.1) is 0 Å². The van der Waals surface area contributed by atoms with E-state index >= 15 is 0 Å². The molecule has 0 spiro atoms. The van der Waals surface area contributed by atoms with Gasteiger partial charge in [0, 0.05) is 24.7 Å². The predicted octanol–water partition coefficient (Wildman–Crippen LogP) is 3.39. The molecule has 2 rings (SSSR count). The van der Waals surface area contributed by atoms with E-state index in [2.05, 4.69) is 9.82 Å². The lowest BCUT2D eigenvalue weighted by atomic mass is 10.0. The van der Waals surface area contributed by atoms with Gasteiger partial charge in [0.2, 0.25) is 0 Å². The minimum absolute atomic E-state index is 0.119. The highest BCUT2D eigenvalue weighted by Crippen LogP contribution is 2.27. The molecule has 0 aliphatic carbocycles. The maximum absolute atomic E-state index is 14.7. The first-order valence-corrected chi connectivity index (χ1v) is 9.36. The van der Waals surface area contributed by atoms with Gasteiger partial charge >= 0.3 is 0 Å². The molecule has 0 aliphatic heterocycles. The molecule has 0 fully saturated rings. The second-order valence-electron chi connectivity index (χ2n) is 6.73. The van der Waals surface area contributed by atoms with Crippen LogP contribution in [0, 0.1) is 5.82 Å². The first kappa shape index (κ1) is 19.5. The number of aromatic nitrogens is 2. The Morgan fingerprint density at radius 3 is 2.64 bits per heavy atom. The number of hydrogen-bond donors (Lipinski definition) is 1. The van der Waals surface area contributed by atoms with E-state index in [1.165, 1.54) is 6.07 Å². The smallest absolute Gasteiger partial charge is 0.132 e. The van der Waals surface area contributed by atoms with Crippen molar-refractivity contribution in [3.8, 4) is 11.3 Å². The first-order chi connectivity index (χ1) is 11.8. The van der Waals surface area contributed by atoms with Gasteiger partial charge in [0.05, 0.1) is 27.5 Å². The third kappa shape index (κ3) is 4.61. The minimum atomic E-state index is -1.36. The number of hydrogen-bond acceptors (Lipinski definition) is 3. The van der Waals surface area contributed by atoms with E-state index in [-0.39, 0.29) is 6.42 Å². The molecule has 1 aromatic heterocycles. The summed E-state index contributed by atoms with van der Waals surface area (Å²) in [6.07, 6.45) is 2.50. The molecule has 1 N–H and O–H groups in total. The van der Waals surface area contributed by atoms with Crippen molar-refractivity contribution in [3.05, 3.63) is 41.8 Å². The lowest BCUT2D eigenvalue weighted by Gasteiger charge is -2.23. The van der Waals surface area contributed by atoms with Gasteiger partial charge in [-0.2, -0.15) is 5.10 Å². The molecular formula is C18H24FN3O2S. The van der Waals surface area contributed by atoms with Crippen molar-refractivity contribution < 1.29 is 13.4 Å². The van der Waals surface area contributed by atoms with Gasteiger partial charge in [0.1, 0.15) is 12.1 Å². The van der Waals surface area contributed by atoms with Gasteiger partial charge in [-0.05, 0) is 51.5 Å². The topological polar surface area (TPSA) is 64.0 Å². The van der Waals surface area contributed by atoms with Crippen LogP contribution in [0.4, 0.5) is 4.39 Å². The Morgan fingerprint density at radius 2 is 2.08 bits per heavy atom. The Bertz CT molecular complexity index is 768. The van der Waals surface area contributed by atoms with Gasteiger partial charge in [-0.3, -0.25) is 4.68 Å². The summed E-state index contributed by atoms with van der Waals surface area (Å²) in [6.45, 7) is 8.09. The van der Waals surface area contributed by atoms with Crippen LogP contribution in [0.25, 0.3) is 11.3 Å². The predicted molar refractivity (Wildman–Crippen MR) is 97.7 cm³/mol. The molecule has 0 radical (unpaired) electrons. The summed E-state index contributed by atoms with van der Waals surface area (Å²) in [5, 5.41) is 4.16. The maximum atomic E-state index is 14.7. The van der Waals surface area contributed by atoms with Gasteiger partial charge in [0.15, 0.2) is 0 Å². The molecular weight excluding hydrogens is 341 g/mol. The average Bonchev–Trinajstić information content (AvgIpc) is 3.01. The average molecular weight is 365 g/mol. The van der Waals surface area contributed by atoms with Crippen LogP contribution in [-0.2, 0) is 22.3 Å². The van der Waals surface area contributed by atoms with E-state index in [1.54, 1.807) is 29.1 Å². The Labute approximate surface area is 150 Å². The highest BCUT2D eigenvalue weighted by Gasteiger charge is 2.24. The molecule has 0 saturated carbocycles. The molecule has 1 heterocycles. The zero-order valence-electron chi connectivity index (χ0n) is 15.0. The van der Waals surface area contributed by atoms with Crippen LogP contribution >= 0.6 is 0 Å². The highest BCUT2D eigenvalue weighted by molar-refractivity contribution is 7.84. The minimum Gasteiger partial charge on any atom is -0.303 e. The molecule has 136 valence electrons. The third-order valence-corrected chi connectivity index (χ3v) is 5.44. The molecule has 5 nitrogen and oxygen atoms in total. The fraction of sp³-hybridized carbons (Fsp3) is 0.444. The van der Waals surface area contributed by atoms with Crippen LogP contribution in [0.5, 0.6) is 0 Å². The zero-order valence-corrected chi connectivity index (χ0v) is 15.8. The van der Waals surface area contributed by atoms with Crippen LogP contribution in [-0.4, -0.2) is 25.0 Å². The highest BCUT2D eigenvalue weighted by atomic mass is 32.2. The molecule has 0 unspecified atom stereocenters. The van der Waals surface area contributed by atoms with Crippen molar-refractivity contribution in [3.63, 3.8) is 0 Å². The fourth-order valence-electron chi connectivity index (χ4n) is 2.42. The van der Waals surface area contributed by atoms with E-state index < -0.39 is 27.6 Å². The largest absolute Gasteiger partial charge is 0.303 e. The molecule has 2 aromatic rings. The summed E-state index contributed by atoms with van der Waals surface area (Å²) in [4.78, 5) is 11.0. The lowest BCUT2D eigenvalue weighted by molar-refractivity contribution is -0.108. The number of halogens is 1. The van der Waals surface area contributed by atoms with Crippen LogP contribution in [0.3, 0.4) is 0 Å². The SMILES string of the molecule is CCn1nccc1-c1ccc([C@H](CC=O)N[S@](=O)C(C)(C)C)cc1F. The monoisotopic (exact) mass is 365 g/mol. The van der Waals surface area contributed by atoms with E-state index in [1.807, 2.05) is 27.7 Å². The Morgan fingerprint density at radius 1 is 1.36 bits per heavy atom. The molecule has 0 aliphatic rings. The van der Waals surface area contributed by atoms with Crippen molar-refractivity contribution in [2.45, 2.75) is 51.4 Å². The summed E-state index contributed by atoms with van der Waals surface area (Å²) >= 11 is 0. The van der Waals surface area contributed by atoms with Crippen molar-refractivity contribution in [1.29, 1.82) is 0 Å². The normalized spacial score (nSPS) is 14.3. The molecule has 25 heavy (non-hydrogen) atoms. The lowest BCUT2D eigenvalue weighted by Crippen LogP contribution is -2.36. The molecule has 7 heteroatoms. The first-order valence-electron chi connectivity index (χ1n) is 8.21. The Hall–Kier alpha value is -1.86. The van der Waals surface area contributed by atoms with Crippen LogP contribution in [0.2, 0.25) is 0 Å². The van der Waals surface area contributed by atoms with Gasteiger partial charge in [0.25, 0.3) is 0 Å². The Kier molecular flexibility index (Phi) is 6.24. The standard InChI is InChI=1S/C18H24FN3O2S/c1-5-22-17(8-10-20-22)14-7-6-13(12-15(14)19)16(9-11-23)21-25(24)18(2,3)4/h6-8,10-12,16,21H,5,9H2,1-4H3/t16-,25+/m0/s1. The second-order valence-corrected chi connectivity index (χ2v) is 8.72. The van der Waals surface area contributed by atoms with Crippen LogP contribution in [0.15, 0.2) is 30.5 Å². The summed E-state index contributed by atoms with van der Waals surface area (Å²) in [5.74, 6) is -0.396. The fourth-order valence-corrected chi connectivity index (χ4v) is 3.27. The van der Waals surface area contributed by atoms with Crippen molar-refractivity contribution in [2.24, 2.45) is 0 Å². The molecule has 0 saturated heterocycles. The maximum Gasteiger partial charge on any atom is 0.132 e. The van der Waals surface area contributed by atoms with Gasteiger partial charge in [-0.25, -0.2) is 13.3 Å². The number of carbonyl (C=O) groups is 1. The van der Waals surface area contributed by atoms with Crippen LogP contribution in [0.1, 0.15) is 45.7 Å². The zero-order chi connectivity index (χ0) is 18.6. The number of rotatable bonds is 7. The van der Waals surface area contributed by atoms with Gasteiger partial charge < -0.3 is 4.79 Å². The third-order valence-electron chi connectivity index (χ3n) is 3.82. The molecule has 0 amide bonds. The van der Waals surface area contributed by atoms with Gasteiger partial charge in [-0.1, -0.05) is 6.07 Å². The van der Waals surface area contributed by atoms with Crippen LogP contribution < -0.4 is 4.72 Å². The number of benzene rings is 1. The van der Waals surface area contributed by atoms with Crippen molar-refractivity contribution >= 4 is 17.3 Å². The second kappa shape index (κ2) is 8.01. The number of aldehydes is 1. The molecule has 1 aromatic carbocycles. The summed E-state index contributed by atoms with van der Waals surface area (Å²) < 4.78 is 31.2. The Balaban J connectivity index is 2.33. The number of carbonyl (C=O) groups excluding carboxylic acids is 1. The van der Waals surface area contributed by atoms with E-state index in [9.17, 15) is 13.4 Å². The molecule has 2 atom stereocenters. The quantitative estimate of drug-likeness (QED) is 0.765. The molecule has 0 bridgehead atoms. The van der Waals surface area contributed by atoms with Crippen molar-refractivity contribution in [2.75, 3.05) is 0 Å². The van der Waals surface area contributed by atoms with E-state index in [0.29, 0.717) is 23.4 Å². The summed E-state index contributed by atoms with van der Waals surface area (Å²) in [7, 11) is -1.36. The number of aryl methyl sites for hydroxylation is 1. The summed E-state index contributed by atoms with van der Waals surface area (Å²) in [5.41, 5.74) is 1.74. The van der Waals surface area contributed by atoms with Crippen molar-refractivity contribution in [1.82, 2.24) is 14.5 Å². The van der Waals surface area contributed by atoms with E-state index in [0.717, 1.165) is 6.29 Å².